The fourth-order valence-electron chi connectivity index (χ4n) is 2.71. The molecule has 1 saturated heterocycles. The normalized spacial score (nSPS) is 18.3. The van der Waals surface area contributed by atoms with Gasteiger partial charge in [-0.2, -0.15) is 4.31 Å². The minimum atomic E-state index is -3.60. The van der Waals surface area contributed by atoms with E-state index in [-0.39, 0.29) is 35.8 Å². The molecule has 0 bridgehead atoms. The summed E-state index contributed by atoms with van der Waals surface area (Å²) in [5.74, 6) is 0.438. The van der Waals surface area contributed by atoms with Gasteiger partial charge in [0.25, 0.3) is 0 Å². The van der Waals surface area contributed by atoms with Crippen molar-refractivity contribution in [1.29, 1.82) is 0 Å². The molecule has 142 valence electrons. The third-order valence-electron chi connectivity index (χ3n) is 4.11. The number of amides is 1. The molecule has 1 heterocycles. The first-order chi connectivity index (χ1) is 11.4. The van der Waals surface area contributed by atoms with Crippen molar-refractivity contribution < 1.29 is 17.9 Å². The van der Waals surface area contributed by atoms with Gasteiger partial charge in [0, 0.05) is 37.7 Å². The van der Waals surface area contributed by atoms with Gasteiger partial charge in [-0.1, -0.05) is 6.92 Å². The Hall–Kier alpha value is -1.35. The van der Waals surface area contributed by atoms with Crippen LogP contribution in [0.5, 0.6) is 5.75 Å². The number of nitrogens with two attached hydrogens (primary N) is 1. The number of benzene rings is 1. The summed E-state index contributed by atoms with van der Waals surface area (Å²) in [5, 5.41) is 2.74. The van der Waals surface area contributed by atoms with Crippen LogP contribution in [0.15, 0.2) is 23.1 Å². The van der Waals surface area contributed by atoms with E-state index in [4.69, 9.17) is 10.5 Å². The van der Waals surface area contributed by atoms with E-state index in [1.165, 1.54) is 17.5 Å². The fourth-order valence-corrected chi connectivity index (χ4v) is 4.30. The highest BCUT2D eigenvalue weighted by Crippen LogP contribution is 2.26. The van der Waals surface area contributed by atoms with E-state index >= 15 is 0 Å². The average molecular weight is 392 g/mol. The minimum absolute atomic E-state index is 0. The van der Waals surface area contributed by atoms with Gasteiger partial charge in [0.1, 0.15) is 5.75 Å². The van der Waals surface area contributed by atoms with Gasteiger partial charge in [-0.25, -0.2) is 8.42 Å². The maximum atomic E-state index is 12.8. The van der Waals surface area contributed by atoms with Crippen molar-refractivity contribution in [3.05, 3.63) is 23.8 Å². The van der Waals surface area contributed by atoms with Gasteiger partial charge in [-0.3, -0.25) is 4.79 Å². The first kappa shape index (κ1) is 21.7. The molecule has 25 heavy (non-hydrogen) atoms. The monoisotopic (exact) mass is 391 g/mol. The lowest BCUT2D eigenvalue weighted by molar-refractivity contribution is -0.120. The van der Waals surface area contributed by atoms with Crippen LogP contribution in [-0.2, 0) is 21.4 Å². The smallest absolute Gasteiger partial charge is 0.243 e. The molecule has 9 heteroatoms. The van der Waals surface area contributed by atoms with E-state index in [2.05, 4.69) is 5.32 Å². The summed E-state index contributed by atoms with van der Waals surface area (Å²) >= 11 is 0. The number of carbonyl (C=O) groups excluding carboxylic acids is 1. The van der Waals surface area contributed by atoms with E-state index in [0.29, 0.717) is 30.8 Å². The molecule has 1 aliphatic heterocycles. The maximum absolute atomic E-state index is 12.8. The zero-order valence-corrected chi connectivity index (χ0v) is 16.2. The highest BCUT2D eigenvalue weighted by Gasteiger charge is 2.29. The van der Waals surface area contributed by atoms with Crippen LogP contribution in [0.25, 0.3) is 0 Å². The lowest BCUT2D eigenvalue weighted by Crippen LogP contribution is -2.45. The molecular weight excluding hydrogens is 366 g/mol. The number of nitrogens with one attached hydrogen (secondary N) is 1. The number of carbonyl (C=O) groups is 1. The second-order valence-corrected chi connectivity index (χ2v) is 7.81. The molecule has 0 saturated carbocycles. The Morgan fingerprint density at radius 1 is 1.44 bits per heavy atom. The van der Waals surface area contributed by atoms with Crippen LogP contribution in [0.2, 0.25) is 0 Å². The van der Waals surface area contributed by atoms with Gasteiger partial charge >= 0.3 is 0 Å². The summed E-state index contributed by atoms with van der Waals surface area (Å²) in [6, 6.07) is 4.57. The van der Waals surface area contributed by atoms with Crippen molar-refractivity contribution >= 4 is 28.3 Å². The van der Waals surface area contributed by atoms with Crippen LogP contribution in [0.4, 0.5) is 0 Å². The number of ether oxygens (including phenoxy) is 1. The van der Waals surface area contributed by atoms with Crippen molar-refractivity contribution in [1.82, 2.24) is 9.62 Å². The van der Waals surface area contributed by atoms with Gasteiger partial charge in [0.05, 0.1) is 12.0 Å². The number of hydrogen-bond acceptors (Lipinski definition) is 5. The first-order valence-corrected chi connectivity index (χ1v) is 9.51. The van der Waals surface area contributed by atoms with E-state index in [1.54, 1.807) is 19.1 Å². The molecule has 0 aliphatic carbocycles. The van der Waals surface area contributed by atoms with Gasteiger partial charge < -0.3 is 15.8 Å². The van der Waals surface area contributed by atoms with Crippen molar-refractivity contribution in [3.63, 3.8) is 0 Å². The molecule has 1 aliphatic rings. The lowest BCUT2D eigenvalue weighted by Gasteiger charge is -2.30. The number of rotatable bonds is 6. The van der Waals surface area contributed by atoms with Crippen LogP contribution >= 0.6 is 12.4 Å². The Morgan fingerprint density at radius 2 is 2.16 bits per heavy atom. The third-order valence-corrected chi connectivity index (χ3v) is 5.97. The third kappa shape index (κ3) is 5.31. The number of methoxy groups -OCH3 is 1. The van der Waals surface area contributed by atoms with Crippen molar-refractivity contribution in [3.8, 4) is 5.75 Å². The van der Waals surface area contributed by atoms with Crippen LogP contribution in [0, 0.1) is 0 Å². The average Bonchev–Trinajstić information content (AvgIpc) is 2.59. The minimum Gasteiger partial charge on any atom is -0.496 e. The lowest BCUT2D eigenvalue weighted by atomic mass is 10.1. The quantitative estimate of drug-likeness (QED) is 0.759. The van der Waals surface area contributed by atoms with Gasteiger partial charge in [-0.15, -0.1) is 12.4 Å². The molecule has 0 aromatic heterocycles. The molecule has 1 unspecified atom stereocenters. The molecule has 7 nitrogen and oxygen atoms in total. The Balaban J connectivity index is 0.00000312. The summed E-state index contributed by atoms with van der Waals surface area (Å²) in [4.78, 5) is 11.7. The molecule has 0 spiro atoms. The highest BCUT2D eigenvalue weighted by atomic mass is 35.5. The Morgan fingerprint density at radius 3 is 2.76 bits per heavy atom. The number of piperidine rings is 1. The van der Waals surface area contributed by atoms with Crippen molar-refractivity contribution in [2.24, 2.45) is 5.73 Å². The van der Waals surface area contributed by atoms with Crippen molar-refractivity contribution in [2.45, 2.75) is 43.7 Å². The van der Waals surface area contributed by atoms with Gasteiger partial charge in [-0.05, 0) is 31.0 Å². The van der Waals surface area contributed by atoms with Crippen LogP contribution in [0.3, 0.4) is 0 Å². The second-order valence-electron chi connectivity index (χ2n) is 5.87. The van der Waals surface area contributed by atoms with E-state index in [0.717, 1.165) is 12.8 Å². The molecule has 0 radical (unpaired) electrons. The molecule has 1 amide bonds. The summed E-state index contributed by atoms with van der Waals surface area (Å²) < 4.78 is 32.3. The molecular formula is C16H26ClN3O4S. The van der Waals surface area contributed by atoms with E-state index < -0.39 is 10.0 Å². The second kappa shape index (κ2) is 9.38. The molecule has 3 N–H and O–H groups in total. The molecule has 1 aromatic rings. The SMILES string of the molecule is CCC(=O)NCc1cc(S(=O)(=O)N2CCCC(N)C2)ccc1OC.Cl. The molecule has 1 atom stereocenters. The predicted octanol–water partition coefficient (Wildman–Crippen LogP) is 1.26. The van der Waals surface area contributed by atoms with Gasteiger partial charge in [0.15, 0.2) is 0 Å². The largest absolute Gasteiger partial charge is 0.496 e. The Bertz CT molecular complexity index is 697. The Labute approximate surface area is 155 Å². The zero-order chi connectivity index (χ0) is 17.7. The summed E-state index contributed by atoms with van der Waals surface area (Å²) in [5.41, 5.74) is 6.52. The predicted molar refractivity (Wildman–Crippen MR) is 98.3 cm³/mol. The molecule has 1 fully saturated rings. The van der Waals surface area contributed by atoms with Gasteiger partial charge in [0.2, 0.25) is 15.9 Å². The topological polar surface area (TPSA) is 102 Å². The number of halogens is 1. The summed E-state index contributed by atoms with van der Waals surface area (Å²) in [6.45, 7) is 2.78. The van der Waals surface area contributed by atoms with Crippen LogP contribution in [0.1, 0.15) is 31.7 Å². The first-order valence-electron chi connectivity index (χ1n) is 8.07. The van der Waals surface area contributed by atoms with Crippen LogP contribution < -0.4 is 15.8 Å². The van der Waals surface area contributed by atoms with Crippen molar-refractivity contribution in [2.75, 3.05) is 20.2 Å². The molecule has 2 rings (SSSR count). The summed E-state index contributed by atoms with van der Waals surface area (Å²) in [6.07, 6.45) is 1.96. The Kier molecular flexibility index (Phi) is 8.14. The molecule has 1 aromatic carbocycles. The number of hydrogen-bond donors (Lipinski definition) is 2. The zero-order valence-electron chi connectivity index (χ0n) is 14.5. The number of sulfonamides is 1. The summed E-state index contributed by atoms with van der Waals surface area (Å²) in [7, 11) is -2.09. The fraction of sp³-hybridized carbons (Fsp3) is 0.562. The number of nitrogens with zero attached hydrogens (tertiary/aromatic N) is 1. The van der Waals surface area contributed by atoms with E-state index in [9.17, 15) is 13.2 Å². The van der Waals surface area contributed by atoms with Crippen LogP contribution in [-0.4, -0.2) is 44.9 Å². The van der Waals surface area contributed by atoms with E-state index in [1.807, 2.05) is 0 Å². The highest BCUT2D eigenvalue weighted by molar-refractivity contribution is 7.89. The standard InChI is InChI=1S/C16H25N3O4S.ClH/c1-3-16(20)18-10-12-9-14(6-7-15(12)23-2)24(21,22)19-8-4-5-13(17)11-19;/h6-7,9,13H,3-5,8,10-11,17H2,1-2H3,(H,18,20);1H. The maximum Gasteiger partial charge on any atom is 0.243 e.